The summed E-state index contributed by atoms with van der Waals surface area (Å²) in [5.74, 6) is -0.00454. The second kappa shape index (κ2) is 5.63. The third kappa shape index (κ3) is 3.00. The van der Waals surface area contributed by atoms with E-state index in [4.69, 9.17) is 0 Å². The number of hydrogen-bond acceptors (Lipinski definition) is 3. The molecule has 0 saturated carbocycles. The van der Waals surface area contributed by atoms with Crippen molar-refractivity contribution in [3.8, 4) is 5.75 Å². The fourth-order valence-electron chi connectivity index (χ4n) is 2.08. The maximum Gasteiger partial charge on any atom is 0.270 e. The SMILES string of the molecule is O=C(NCc1ccc(O)cc1)c1ccc2ccccc2n1. The van der Waals surface area contributed by atoms with Crippen LogP contribution in [0.25, 0.3) is 10.9 Å². The predicted octanol–water partition coefficient (Wildman–Crippen LogP) is 2.87. The lowest BCUT2D eigenvalue weighted by atomic mass is 10.2. The predicted molar refractivity (Wildman–Crippen MR) is 81.0 cm³/mol. The molecule has 4 nitrogen and oxygen atoms in total. The van der Waals surface area contributed by atoms with Crippen LogP contribution in [-0.4, -0.2) is 16.0 Å². The first-order valence-corrected chi connectivity index (χ1v) is 6.64. The van der Waals surface area contributed by atoms with Gasteiger partial charge in [0.05, 0.1) is 5.52 Å². The number of aromatic hydroxyl groups is 1. The van der Waals surface area contributed by atoms with E-state index in [-0.39, 0.29) is 11.7 Å². The van der Waals surface area contributed by atoms with Crippen molar-refractivity contribution in [2.24, 2.45) is 0 Å². The van der Waals surface area contributed by atoms with E-state index in [2.05, 4.69) is 10.3 Å². The minimum atomic E-state index is -0.214. The monoisotopic (exact) mass is 278 g/mol. The number of amides is 1. The van der Waals surface area contributed by atoms with Gasteiger partial charge in [-0.2, -0.15) is 0 Å². The smallest absolute Gasteiger partial charge is 0.270 e. The van der Waals surface area contributed by atoms with Gasteiger partial charge >= 0.3 is 0 Å². The highest BCUT2D eigenvalue weighted by molar-refractivity contribution is 5.94. The van der Waals surface area contributed by atoms with E-state index >= 15 is 0 Å². The van der Waals surface area contributed by atoms with Crippen LogP contribution in [0, 0.1) is 0 Å². The quantitative estimate of drug-likeness (QED) is 0.774. The van der Waals surface area contributed by atoms with E-state index in [1.165, 1.54) is 0 Å². The number of nitrogens with one attached hydrogen (secondary N) is 1. The lowest BCUT2D eigenvalue weighted by molar-refractivity contribution is 0.0946. The van der Waals surface area contributed by atoms with Gasteiger partial charge in [0.25, 0.3) is 5.91 Å². The fourth-order valence-corrected chi connectivity index (χ4v) is 2.08. The number of hydrogen-bond donors (Lipinski definition) is 2. The molecule has 3 rings (SSSR count). The standard InChI is InChI=1S/C17H14N2O2/c20-14-8-5-12(6-9-14)11-18-17(21)16-10-7-13-3-1-2-4-15(13)19-16/h1-10,20H,11H2,(H,18,21). The number of fused-ring (bicyclic) bond motifs is 1. The Morgan fingerprint density at radius 3 is 2.57 bits per heavy atom. The molecule has 104 valence electrons. The van der Waals surface area contributed by atoms with Gasteiger partial charge in [-0.05, 0) is 29.8 Å². The number of para-hydroxylation sites is 1. The molecule has 0 spiro atoms. The van der Waals surface area contributed by atoms with Gasteiger partial charge in [0, 0.05) is 11.9 Å². The first-order chi connectivity index (χ1) is 10.2. The maximum absolute atomic E-state index is 12.1. The second-order valence-corrected chi connectivity index (χ2v) is 4.74. The minimum absolute atomic E-state index is 0.210. The van der Waals surface area contributed by atoms with Crippen LogP contribution in [0.5, 0.6) is 5.75 Å². The molecular formula is C17H14N2O2. The Morgan fingerprint density at radius 2 is 1.76 bits per heavy atom. The zero-order valence-electron chi connectivity index (χ0n) is 11.3. The summed E-state index contributed by atoms with van der Waals surface area (Å²) >= 11 is 0. The van der Waals surface area contributed by atoms with E-state index < -0.39 is 0 Å². The largest absolute Gasteiger partial charge is 0.508 e. The Bertz CT molecular complexity index is 782. The Hall–Kier alpha value is -2.88. The molecule has 4 heteroatoms. The van der Waals surface area contributed by atoms with Crippen molar-refractivity contribution in [2.45, 2.75) is 6.54 Å². The first-order valence-electron chi connectivity index (χ1n) is 6.64. The molecule has 0 fully saturated rings. The normalized spacial score (nSPS) is 10.5. The van der Waals surface area contributed by atoms with E-state index in [9.17, 15) is 9.90 Å². The fraction of sp³-hybridized carbons (Fsp3) is 0.0588. The first kappa shape index (κ1) is 13.1. The number of phenolic OH excluding ortho intramolecular Hbond substituents is 1. The topological polar surface area (TPSA) is 62.2 Å². The summed E-state index contributed by atoms with van der Waals surface area (Å²) in [7, 11) is 0. The van der Waals surface area contributed by atoms with Crippen molar-refractivity contribution in [3.63, 3.8) is 0 Å². The molecule has 0 aliphatic heterocycles. The van der Waals surface area contributed by atoms with Crippen molar-refractivity contribution in [3.05, 3.63) is 71.9 Å². The van der Waals surface area contributed by atoms with Gasteiger partial charge in [0.2, 0.25) is 0 Å². The third-order valence-corrected chi connectivity index (χ3v) is 3.22. The molecule has 1 amide bonds. The summed E-state index contributed by atoms with van der Waals surface area (Å²) in [6.07, 6.45) is 0. The van der Waals surface area contributed by atoms with Crippen LogP contribution in [0.2, 0.25) is 0 Å². The highest BCUT2D eigenvalue weighted by Gasteiger charge is 2.07. The summed E-state index contributed by atoms with van der Waals surface area (Å²) in [6, 6.07) is 18.0. The van der Waals surface area contributed by atoms with Crippen LogP contribution < -0.4 is 5.32 Å². The van der Waals surface area contributed by atoms with Gasteiger partial charge in [-0.15, -0.1) is 0 Å². The number of carbonyl (C=O) groups excluding carboxylic acids is 1. The van der Waals surface area contributed by atoms with Crippen molar-refractivity contribution < 1.29 is 9.90 Å². The molecule has 1 aromatic heterocycles. The maximum atomic E-state index is 12.1. The lowest BCUT2D eigenvalue weighted by Crippen LogP contribution is -2.23. The van der Waals surface area contributed by atoms with Crippen molar-refractivity contribution in [1.29, 1.82) is 0 Å². The lowest BCUT2D eigenvalue weighted by Gasteiger charge is -2.06. The van der Waals surface area contributed by atoms with Gasteiger partial charge in [-0.25, -0.2) is 4.98 Å². The molecule has 2 N–H and O–H groups in total. The van der Waals surface area contributed by atoms with Gasteiger partial charge in [0.1, 0.15) is 11.4 Å². The molecular weight excluding hydrogens is 264 g/mol. The molecule has 3 aromatic rings. The van der Waals surface area contributed by atoms with Gasteiger partial charge in [0.15, 0.2) is 0 Å². The van der Waals surface area contributed by atoms with Gasteiger partial charge < -0.3 is 10.4 Å². The van der Waals surface area contributed by atoms with Crippen LogP contribution in [-0.2, 0) is 6.54 Å². The molecule has 0 aliphatic carbocycles. The summed E-state index contributed by atoms with van der Waals surface area (Å²) in [5, 5.41) is 13.0. The molecule has 0 bridgehead atoms. The van der Waals surface area contributed by atoms with Crippen LogP contribution in [0.15, 0.2) is 60.7 Å². The highest BCUT2D eigenvalue weighted by Crippen LogP contribution is 2.12. The number of phenols is 1. The molecule has 0 saturated heterocycles. The Morgan fingerprint density at radius 1 is 1.00 bits per heavy atom. The zero-order chi connectivity index (χ0) is 14.7. The molecule has 21 heavy (non-hydrogen) atoms. The number of carbonyl (C=O) groups is 1. The van der Waals surface area contributed by atoms with E-state index in [1.807, 2.05) is 30.3 Å². The zero-order valence-corrected chi connectivity index (χ0v) is 11.3. The van der Waals surface area contributed by atoms with Crippen molar-refractivity contribution >= 4 is 16.8 Å². The average Bonchev–Trinajstić information content (AvgIpc) is 2.53. The second-order valence-electron chi connectivity index (χ2n) is 4.74. The number of benzene rings is 2. The minimum Gasteiger partial charge on any atom is -0.508 e. The average molecular weight is 278 g/mol. The Kier molecular flexibility index (Phi) is 3.51. The molecule has 0 radical (unpaired) electrons. The summed E-state index contributed by atoms with van der Waals surface area (Å²) in [5.41, 5.74) is 2.12. The number of aromatic nitrogens is 1. The molecule has 0 aliphatic rings. The van der Waals surface area contributed by atoms with E-state index in [0.717, 1.165) is 16.5 Å². The summed E-state index contributed by atoms with van der Waals surface area (Å²) in [6.45, 7) is 0.396. The van der Waals surface area contributed by atoms with Crippen LogP contribution in [0.3, 0.4) is 0 Å². The number of rotatable bonds is 3. The van der Waals surface area contributed by atoms with Crippen LogP contribution in [0.1, 0.15) is 16.1 Å². The summed E-state index contributed by atoms with van der Waals surface area (Å²) < 4.78 is 0. The van der Waals surface area contributed by atoms with Crippen LogP contribution in [0.4, 0.5) is 0 Å². The number of nitrogens with zero attached hydrogens (tertiary/aromatic N) is 1. The van der Waals surface area contributed by atoms with Gasteiger partial charge in [-0.3, -0.25) is 4.79 Å². The third-order valence-electron chi connectivity index (χ3n) is 3.22. The Balaban J connectivity index is 1.73. The van der Waals surface area contributed by atoms with Crippen molar-refractivity contribution in [2.75, 3.05) is 0 Å². The molecule has 2 aromatic carbocycles. The van der Waals surface area contributed by atoms with Gasteiger partial charge in [-0.1, -0.05) is 36.4 Å². The molecule has 1 heterocycles. The number of pyridine rings is 1. The van der Waals surface area contributed by atoms with Crippen LogP contribution >= 0.6 is 0 Å². The van der Waals surface area contributed by atoms with Crippen molar-refractivity contribution in [1.82, 2.24) is 10.3 Å². The van der Waals surface area contributed by atoms with E-state index in [1.54, 1.807) is 30.3 Å². The Labute approximate surface area is 122 Å². The summed E-state index contributed by atoms with van der Waals surface area (Å²) in [4.78, 5) is 16.5. The van der Waals surface area contributed by atoms with E-state index in [0.29, 0.717) is 12.2 Å². The molecule has 0 unspecified atom stereocenters. The molecule has 0 atom stereocenters. The highest BCUT2D eigenvalue weighted by atomic mass is 16.3.